The first-order valence-electron chi connectivity index (χ1n) is 8.94. The zero-order chi connectivity index (χ0) is 18.7. The first-order chi connectivity index (χ1) is 13.3. The fourth-order valence-electron chi connectivity index (χ4n) is 2.38. The maximum Gasteiger partial charge on any atom is 0.216 e. The van der Waals surface area contributed by atoms with Crippen LogP contribution in [-0.2, 0) is 17.9 Å². The molecule has 0 unspecified atom stereocenters. The molecule has 0 aliphatic heterocycles. The zero-order valence-electron chi connectivity index (χ0n) is 15.3. The summed E-state index contributed by atoms with van der Waals surface area (Å²) in [5, 5.41) is 13.5. The van der Waals surface area contributed by atoms with Gasteiger partial charge in [-0.3, -0.25) is 5.10 Å². The van der Waals surface area contributed by atoms with Gasteiger partial charge in [-0.1, -0.05) is 30.3 Å². The van der Waals surface area contributed by atoms with E-state index < -0.39 is 0 Å². The Morgan fingerprint density at radius 2 is 2.07 bits per heavy atom. The van der Waals surface area contributed by atoms with Crippen LogP contribution in [0, 0.1) is 0 Å². The smallest absolute Gasteiger partial charge is 0.216 e. The van der Waals surface area contributed by atoms with E-state index in [4.69, 9.17) is 9.15 Å². The molecule has 3 N–H and O–H groups in total. The maximum absolute atomic E-state index is 5.67. The second-order valence-corrected chi connectivity index (χ2v) is 5.74. The Morgan fingerprint density at radius 1 is 1.19 bits per heavy atom. The lowest BCUT2D eigenvalue weighted by Crippen LogP contribution is -2.39. The Labute approximate surface area is 158 Å². The van der Waals surface area contributed by atoms with Crippen molar-refractivity contribution in [3.8, 4) is 11.6 Å². The van der Waals surface area contributed by atoms with Crippen molar-refractivity contribution >= 4 is 5.96 Å². The Morgan fingerprint density at radius 3 is 2.85 bits per heavy atom. The number of furan rings is 1. The van der Waals surface area contributed by atoms with Crippen molar-refractivity contribution in [2.75, 3.05) is 19.7 Å². The zero-order valence-corrected chi connectivity index (χ0v) is 15.3. The number of aromatic nitrogens is 3. The van der Waals surface area contributed by atoms with Gasteiger partial charge in [0, 0.05) is 13.1 Å². The van der Waals surface area contributed by atoms with E-state index >= 15 is 0 Å². The number of aromatic amines is 1. The van der Waals surface area contributed by atoms with Crippen LogP contribution < -0.4 is 10.6 Å². The standard InChI is InChI=1S/C19H24N6O2/c1-2-20-19(21-10-12-26-14-15-7-4-3-5-8-15)22-13-17-23-18(25-24-17)16-9-6-11-27-16/h3-9,11H,2,10,12-14H2,1H3,(H2,20,21,22)(H,23,24,25). The van der Waals surface area contributed by atoms with Crippen molar-refractivity contribution in [1.82, 2.24) is 25.8 Å². The molecule has 0 aliphatic carbocycles. The van der Waals surface area contributed by atoms with Gasteiger partial charge in [-0.05, 0) is 24.6 Å². The topological polar surface area (TPSA) is 100 Å². The highest BCUT2D eigenvalue weighted by Crippen LogP contribution is 2.14. The van der Waals surface area contributed by atoms with Crippen LogP contribution in [0.15, 0.2) is 58.1 Å². The maximum atomic E-state index is 5.67. The highest BCUT2D eigenvalue weighted by molar-refractivity contribution is 5.79. The van der Waals surface area contributed by atoms with Crippen LogP contribution in [0.4, 0.5) is 0 Å². The van der Waals surface area contributed by atoms with E-state index in [0.717, 1.165) is 12.1 Å². The Balaban J connectivity index is 1.43. The van der Waals surface area contributed by atoms with E-state index in [1.807, 2.05) is 43.3 Å². The predicted octanol–water partition coefficient (Wildman–Crippen LogP) is 2.34. The minimum atomic E-state index is 0.383. The van der Waals surface area contributed by atoms with Crippen LogP contribution in [0.5, 0.6) is 0 Å². The molecule has 0 aliphatic rings. The van der Waals surface area contributed by atoms with Gasteiger partial charge in [-0.15, -0.1) is 5.10 Å². The molecule has 0 bridgehead atoms. The number of nitrogens with one attached hydrogen (secondary N) is 3. The fourth-order valence-corrected chi connectivity index (χ4v) is 2.38. The molecule has 3 rings (SSSR count). The van der Waals surface area contributed by atoms with Crippen molar-refractivity contribution in [2.24, 2.45) is 4.99 Å². The fraction of sp³-hybridized carbons (Fsp3) is 0.316. The molecule has 0 radical (unpaired) electrons. The van der Waals surface area contributed by atoms with E-state index in [1.54, 1.807) is 12.3 Å². The molecule has 1 aromatic carbocycles. The molecule has 0 saturated carbocycles. The lowest BCUT2D eigenvalue weighted by Gasteiger charge is -2.11. The number of H-pyrrole nitrogens is 1. The molecule has 142 valence electrons. The van der Waals surface area contributed by atoms with E-state index in [-0.39, 0.29) is 0 Å². The average Bonchev–Trinajstić information content (AvgIpc) is 3.38. The third-order valence-corrected chi connectivity index (χ3v) is 3.65. The summed E-state index contributed by atoms with van der Waals surface area (Å²) in [4.78, 5) is 8.89. The minimum Gasteiger partial charge on any atom is -0.461 e. The summed E-state index contributed by atoms with van der Waals surface area (Å²) in [6.07, 6.45) is 1.59. The Bertz CT molecular complexity index is 814. The molecular formula is C19H24N6O2. The third-order valence-electron chi connectivity index (χ3n) is 3.65. The first-order valence-corrected chi connectivity index (χ1v) is 8.94. The normalized spacial score (nSPS) is 11.5. The van der Waals surface area contributed by atoms with Crippen molar-refractivity contribution in [3.05, 3.63) is 60.1 Å². The monoisotopic (exact) mass is 368 g/mol. The molecular weight excluding hydrogens is 344 g/mol. The van der Waals surface area contributed by atoms with E-state index in [2.05, 4.69) is 30.8 Å². The summed E-state index contributed by atoms with van der Waals surface area (Å²) in [5.41, 5.74) is 1.16. The van der Waals surface area contributed by atoms with Crippen molar-refractivity contribution in [2.45, 2.75) is 20.1 Å². The number of nitrogens with zero attached hydrogens (tertiary/aromatic N) is 3. The van der Waals surface area contributed by atoms with Crippen molar-refractivity contribution in [3.63, 3.8) is 0 Å². The molecule has 2 aromatic heterocycles. The van der Waals surface area contributed by atoms with Crippen LogP contribution in [0.3, 0.4) is 0 Å². The SMILES string of the molecule is CCNC(=NCc1nc(-c2ccco2)n[nH]1)NCCOCc1ccccc1. The molecule has 0 atom stereocenters. The molecule has 0 fully saturated rings. The van der Waals surface area contributed by atoms with Crippen LogP contribution in [0.1, 0.15) is 18.3 Å². The molecule has 8 nitrogen and oxygen atoms in total. The third kappa shape index (κ3) is 5.96. The number of benzene rings is 1. The Hall–Kier alpha value is -3.13. The second-order valence-electron chi connectivity index (χ2n) is 5.74. The first kappa shape index (κ1) is 18.7. The second kappa shape index (κ2) is 10.1. The molecule has 3 aromatic rings. The molecule has 8 heteroatoms. The summed E-state index contributed by atoms with van der Waals surface area (Å²) in [5.74, 6) is 2.52. The Kier molecular flexibility index (Phi) is 7.00. The molecule has 0 spiro atoms. The van der Waals surface area contributed by atoms with Crippen LogP contribution in [-0.4, -0.2) is 40.8 Å². The lowest BCUT2D eigenvalue weighted by atomic mass is 10.2. The number of hydrogen-bond donors (Lipinski definition) is 3. The summed E-state index contributed by atoms with van der Waals surface area (Å²) < 4.78 is 11.0. The predicted molar refractivity (Wildman–Crippen MR) is 103 cm³/mol. The number of aliphatic imine (C=N–C) groups is 1. The molecule has 27 heavy (non-hydrogen) atoms. The number of guanidine groups is 1. The summed E-state index contributed by atoms with van der Waals surface area (Å²) >= 11 is 0. The summed E-state index contributed by atoms with van der Waals surface area (Å²) in [7, 11) is 0. The summed E-state index contributed by atoms with van der Waals surface area (Å²) in [6, 6.07) is 13.7. The number of hydrogen-bond acceptors (Lipinski definition) is 5. The molecule has 0 saturated heterocycles. The van der Waals surface area contributed by atoms with Gasteiger partial charge in [0.1, 0.15) is 12.4 Å². The van der Waals surface area contributed by atoms with Crippen LogP contribution >= 0.6 is 0 Å². The van der Waals surface area contributed by atoms with Gasteiger partial charge in [0.25, 0.3) is 0 Å². The van der Waals surface area contributed by atoms with Crippen molar-refractivity contribution in [1.29, 1.82) is 0 Å². The summed E-state index contributed by atoms with van der Waals surface area (Å²) in [6.45, 7) is 5.02. The van der Waals surface area contributed by atoms with Crippen LogP contribution in [0.25, 0.3) is 11.6 Å². The van der Waals surface area contributed by atoms with E-state index in [9.17, 15) is 0 Å². The number of ether oxygens (including phenoxy) is 1. The largest absolute Gasteiger partial charge is 0.461 e. The molecule has 0 amide bonds. The van der Waals surface area contributed by atoms with Gasteiger partial charge in [-0.2, -0.15) is 0 Å². The van der Waals surface area contributed by atoms with Gasteiger partial charge >= 0.3 is 0 Å². The minimum absolute atomic E-state index is 0.383. The highest BCUT2D eigenvalue weighted by atomic mass is 16.5. The van der Waals surface area contributed by atoms with Gasteiger partial charge in [0.15, 0.2) is 11.7 Å². The molecule has 2 heterocycles. The van der Waals surface area contributed by atoms with Gasteiger partial charge in [0.2, 0.25) is 5.82 Å². The van der Waals surface area contributed by atoms with Gasteiger partial charge < -0.3 is 19.8 Å². The van der Waals surface area contributed by atoms with E-state index in [1.165, 1.54) is 0 Å². The highest BCUT2D eigenvalue weighted by Gasteiger charge is 2.08. The van der Waals surface area contributed by atoms with E-state index in [0.29, 0.717) is 49.7 Å². The number of rotatable bonds is 9. The quantitative estimate of drug-likeness (QED) is 0.304. The average molecular weight is 368 g/mol. The van der Waals surface area contributed by atoms with Crippen molar-refractivity contribution < 1.29 is 9.15 Å². The van der Waals surface area contributed by atoms with Gasteiger partial charge in [0.05, 0.1) is 19.5 Å². The van der Waals surface area contributed by atoms with Crippen LogP contribution in [0.2, 0.25) is 0 Å². The lowest BCUT2D eigenvalue weighted by molar-refractivity contribution is 0.125. The van der Waals surface area contributed by atoms with Gasteiger partial charge in [-0.25, -0.2) is 9.98 Å².